The van der Waals surface area contributed by atoms with Gasteiger partial charge in [-0.3, -0.25) is 4.68 Å². The van der Waals surface area contributed by atoms with Gasteiger partial charge in [-0.2, -0.15) is 5.10 Å². The van der Waals surface area contributed by atoms with Crippen molar-refractivity contribution in [2.45, 2.75) is 38.5 Å². The largest absolute Gasteiger partial charge is 0.444 e. The van der Waals surface area contributed by atoms with E-state index >= 15 is 0 Å². The highest BCUT2D eigenvalue weighted by molar-refractivity contribution is 14.1. The van der Waals surface area contributed by atoms with Crippen molar-refractivity contribution in [2.24, 2.45) is 0 Å². The zero-order chi connectivity index (χ0) is 14.2. The molecule has 0 spiro atoms. The fraction of sp³-hybridized carbons (Fsp3) is 0.667. The minimum Gasteiger partial charge on any atom is -0.444 e. The number of rotatable bonds is 1. The number of aliphatic hydroxyl groups is 1. The topological polar surface area (TPSA) is 67.6 Å². The number of hydrogen-bond donors (Lipinski definition) is 1. The maximum Gasteiger partial charge on any atom is 0.410 e. The Bertz CT molecular complexity index is 469. The van der Waals surface area contributed by atoms with Crippen LogP contribution in [0.2, 0.25) is 0 Å². The Hall–Kier alpha value is -0.830. The lowest BCUT2D eigenvalue weighted by atomic mass is 10.2. The van der Waals surface area contributed by atoms with Gasteiger partial charge < -0.3 is 14.7 Å². The van der Waals surface area contributed by atoms with Crippen molar-refractivity contribution in [1.82, 2.24) is 14.7 Å². The normalized spacial score (nSPS) is 23.7. The molecule has 2 unspecified atom stereocenters. The van der Waals surface area contributed by atoms with Gasteiger partial charge in [-0.05, 0) is 43.4 Å². The molecule has 1 saturated heterocycles. The van der Waals surface area contributed by atoms with E-state index in [0.717, 1.165) is 3.57 Å². The zero-order valence-electron chi connectivity index (χ0n) is 11.2. The average Bonchev–Trinajstić information content (AvgIpc) is 2.82. The van der Waals surface area contributed by atoms with Crippen LogP contribution in [0.25, 0.3) is 0 Å². The Morgan fingerprint density at radius 2 is 2.21 bits per heavy atom. The molecule has 1 fully saturated rings. The standard InChI is InChI=1S/C12H18IN3O3/c1-12(2,3)19-11(18)15-6-9(10(17)7-15)16-5-8(13)4-14-16/h4-5,9-10,17H,6-7H2,1-3H3. The molecule has 106 valence electrons. The van der Waals surface area contributed by atoms with Gasteiger partial charge in [0.2, 0.25) is 0 Å². The molecular weight excluding hydrogens is 361 g/mol. The van der Waals surface area contributed by atoms with Crippen LogP contribution in [0.5, 0.6) is 0 Å². The molecule has 0 saturated carbocycles. The fourth-order valence-corrected chi connectivity index (χ4v) is 2.41. The van der Waals surface area contributed by atoms with Crippen LogP contribution in [-0.2, 0) is 4.74 Å². The molecule has 6 nitrogen and oxygen atoms in total. The summed E-state index contributed by atoms with van der Waals surface area (Å²) < 4.78 is 8.01. The Morgan fingerprint density at radius 1 is 1.53 bits per heavy atom. The van der Waals surface area contributed by atoms with Gasteiger partial charge in [-0.25, -0.2) is 4.79 Å². The molecule has 2 atom stereocenters. The third-order valence-corrected chi connectivity index (χ3v) is 3.38. The minimum atomic E-state index is -0.622. The number of ether oxygens (including phenoxy) is 1. The summed E-state index contributed by atoms with van der Waals surface area (Å²) in [6.07, 6.45) is 2.57. The summed E-state index contributed by atoms with van der Waals surface area (Å²) in [7, 11) is 0. The van der Waals surface area contributed by atoms with Gasteiger partial charge in [0.1, 0.15) is 5.60 Å². The van der Waals surface area contributed by atoms with E-state index in [9.17, 15) is 9.90 Å². The monoisotopic (exact) mass is 379 g/mol. The van der Waals surface area contributed by atoms with E-state index in [1.165, 1.54) is 4.90 Å². The molecule has 2 heterocycles. The Labute approximate surface area is 125 Å². The van der Waals surface area contributed by atoms with Crippen LogP contribution in [0.1, 0.15) is 26.8 Å². The zero-order valence-corrected chi connectivity index (χ0v) is 13.4. The number of aliphatic hydroxyl groups excluding tert-OH is 1. The van der Waals surface area contributed by atoms with E-state index in [0.29, 0.717) is 6.54 Å². The number of carbonyl (C=O) groups is 1. The molecule has 7 heteroatoms. The number of carbonyl (C=O) groups excluding carboxylic acids is 1. The molecular formula is C12H18IN3O3. The van der Waals surface area contributed by atoms with E-state index in [4.69, 9.17) is 4.74 Å². The third kappa shape index (κ3) is 3.59. The summed E-state index contributed by atoms with van der Waals surface area (Å²) in [5, 5.41) is 14.2. The summed E-state index contributed by atoms with van der Waals surface area (Å²) in [6, 6.07) is -0.212. The molecule has 1 N–H and O–H groups in total. The average molecular weight is 379 g/mol. The van der Waals surface area contributed by atoms with Crippen LogP contribution < -0.4 is 0 Å². The summed E-state index contributed by atoms with van der Waals surface area (Å²) in [6.45, 7) is 6.16. The van der Waals surface area contributed by atoms with Gasteiger partial charge in [0.25, 0.3) is 0 Å². The molecule has 0 bridgehead atoms. The lowest BCUT2D eigenvalue weighted by Crippen LogP contribution is -2.35. The molecule has 1 aromatic rings. The SMILES string of the molecule is CC(C)(C)OC(=O)N1CC(O)C(n2cc(I)cn2)C1. The lowest BCUT2D eigenvalue weighted by Gasteiger charge is -2.24. The highest BCUT2D eigenvalue weighted by atomic mass is 127. The second kappa shape index (κ2) is 5.28. The first-order chi connectivity index (χ1) is 8.76. The predicted octanol–water partition coefficient (Wildman–Crippen LogP) is 1.64. The van der Waals surface area contributed by atoms with Gasteiger partial charge in [0, 0.05) is 12.7 Å². The van der Waals surface area contributed by atoms with Gasteiger partial charge in [-0.15, -0.1) is 0 Å². The van der Waals surface area contributed by atoms with Crippen molar-refractivity contribution >= 4 is 28.7 Å². The van der Waals surface area contributed by atoms with E-state index in [2.05, 4.69) is 27.7 Å². The number of amides is 1. The van der Waals surface area contributed by atoms with Crippen molar-refractivity contribution in [3.05, 3.63) is 16.0 Å². The molecule has 0 aromatic carbocycles. The smallest absolute Gasteiger partial charge is 0.410 e. The number of nitrogens with zero attached hydrogens (tertiary/aromatic N) is 3. The quantitative estimate of drug-likeness (QED) is 0.754. The summed E-state index contributed by atoms with van der Waals surface area (Å²) in [5.41, 5.74) is -0.527. The number of likely N-dealkylation sites (tertiary alicyclic amines) is 1. The molecule has 1 aliphatic rings. The predicted molar refractivity (Wildman–Crippen MR) is 77.8 cm³/mol. The molecule has 2 rings (SSSR count). The van der Waals surface area contributed by atoms with E-state index < -0.39 is 17.8 Å². The first-order valence-corrected chi connectivity index (χ1v) is 7.20. The van der Waals surface area contributed by atoms with Crippen molar-refractivity contribution in [1.29, 1.82) is 0 Å². The maximum atomic E-state index is 12.0. The van der Waals surface area contributed by atoms with Crippen LogP contribution in [0.3, 0.4) is 0 Å². The van der Waals surface area contributed by atoms with Crippen LogP contribution in [0, 0.1) is 3.57 Å². The minimum absolute atomic E-state index is 0.212. The van der Waals surface area contributed by atoms with Crippen LogP contribution >= 0.6 is 22.6 Å². The first kappa shape index (κ1) is 14.6. The molecule has 1 amide bonds. The first-order valence-electron chi connectivity index (χ1n) is 6.12. The Morgan fingerprint density at radius 3 is 2.74 bits per heavy atom. The van der Waals surface area contributed by atoms with Crippen molar-refractivity contribution in [3.63, 3.8) is 0 Å². The lowest BCUT2D eigenvalue weighted by molar-refractivity contribution is 0.0270. The highest BCUT2D eigenvalue weighted by Crippen LogP contribution is 2.24. The van der Waals surface area contributed by atoms with Gasteiger partial charge >= 0.3 is 6.09 Å². The number of halogens is 1. The van der Waals surface area contributed by atoms with Gasteiger partial charge in [-0.1, -0.05) is 0 Å². The van der Waals surface area contributed by atoms with Gasteiger partial charge in [0.15, 0.2) is 0 Å². The van der Waals surface area contributed by atoms with Crippen LogP contribution in [0.4, 0.5) is 4.79 Å². The molecule has 1 aliphatic heterocycles. The molecule has 0 radical (unpaired) electrons. The van der Waals surface area contributed by atoms with Crippen LogP contribution in [-0.4, -0.2) is 50.7 Å². The van der Waals surface area contributed by atoms with E-state index in [1.807, 2.05) is 27.0 Å². The summed E-state index contributed by atoms with van der Waals surface area (Å²) in [5.74, 6) is 0. The number of aromatic nitrogens is 2. The molecule has 19 heavy (non-hydrogen) atoms. The second-order valence-electron chi connectivity index (χ2n) is 5.66. The number of hydrogen-bond acceptors (Lipinski definition) is 4. The van der Waals surface area contributed by atoms with Crippen molar-refractivity contribution in [2.75, 3.05) is 13.1 Å². The molecule has 0 aliphatic carbocycles. The van der Waals surface area contributed by atoms with E-state index in [1.54, 1.807) is 10.9 Å². The van der Waals surface area contributed by atoms with Crippen LogP contribution in [0.15, 0.2) is 12.4 Å². The van der Waals surface area contributed by atoms with Crippen molar-refractivity contribution in [3.8, 4) is 0 Å². The fourth-order valence-electron chi connectivity index (χ4n) is 2.00. The molecule has 1 aromatic heterocycles. The third-order valence-electron chi connectivity index (χ3n) is 2.82. The van der Waals surface area contributed by atoms with E-state index in [-0.39, 0.29) is 12.6 Å². The number of β-amino-alcohol motifs (C(OH)–C–C–N with tert-alkyl or cyclic N) is 1. The van der Waals surface area contributed by atoms with Crippen molar-refractivity contribution < 1.29 is 14.6 Å². The summed E-state index contributed by atoms with van der Waals surface area (Å²) in [4.78, 5) is 13.5. The Kier molecular flexibility index (Phi) is 4.05. The highest BCUT2D eigenvalue weighted by Gasteiger charge is 2.37. The van der Waals surface area contributed by atoms with Gasteiger partial charge in [0.05, 0.1) is 28.5 Å². The second-order valence-corrected chi connectivity index (χ2v) is 6.90. The maximum absolute atomic E-state index is 12.0. The summed E-state index contributed by atoms with van der Waals surface area (Å²) >= 11 is 2.16. The Balaban J connectivity index is 2.03.